The zero-order valence-electron chi connectivity index (χ0n) is 10.6. The fraction of sp³-hybridized carbons (Fsp3) is 0.538. The third-order valence-corrected chi connectivity index (χ3v) is 4.98. The van der Waals surface area contributed by atoms with Crippen molar-refractivity contribution in [2.45, 2.75) is 18.9 Å². The lowest BCUT2D eigenvalue weighted by Crippen LogP contribution is -2.25. The van der Waals surface area contributed by atoms with Crippen LogP contribution in [0.4, 0.5) is 15.8 Å². The molecule has 0 amide bonds. The molecule has 1 saturated carbocycles. The number of rotatable bonds is 2. The molecule has 1 aliphatic heterocycles. The Morgan fingerprint density at radius 3 is 2.80 bits per heavy atom. The van der Waals surface area contributed by atoms with E-state index in [2.05, 4.69) is 15.9 Å². The smallest absolute Gasteiger partial charge is 0.295 e. The van der Waals surface area contributed by atoms with E-state index in [4.69, 9.17) is 0 Å². The third-order valence-electron chi connectivity index (χ3n) is 4.37. The van der Waals surface area contributed by atoms with Crippen LogP contribution in [0.5, 0.6) is 0 Å². The second kappa shape index (κ2) is 4.96. The fourth-order valence-corrected chi connectivity index (χ4v) is 3.69. The van der Waals surface area contributed by atoms with Gasteiger partial charge in [0.2, 0.25) is 0 Å². The normalized spacial score (nSPS) is 28.8. The van der Waals surface area contributed by atoms with Crippen LogP contribution in [-0.2, 0) is 0 Å². The highest BCUT2D eigenvalue weighted by molar-refractivity contribution is 9.10. The summed E-state index contributed by atoms with van der Waals surface area (Å²) in [5.74, 6) is -0.105. The molecule has 1 aromatic rings. The molecular weight excluding hydrogens is 331 g/mol. The fourth-order valence-electron chi connectivity index (χ4n) is 3.36. The number of benzene rings is 1. The minimum atomic E-state index is -0.639. The van der Waals surface area contributed by atoms with Crippen molar-refractivity contribution < 1.29 is 14.4 Å². The lowest BCUT2D eigenvalue weighted by Gasteiger charge is -2.20. The quantitative estimate of drug-likeness (QED) is 0.661. The van der Waals surface area contributed by atoms with Crippen molar-refractivity contribution in [3.8, 4) is 0 Å². The number of nitro benzene ring substituents is 1. The number of halogens is 2. The molecule has 5 nitrogen and oxygen atoms in total. The van der Waals surface area contributed by atoms with Crippen molar-refractivity contribution in [2.24, 2.45) is 11.8 Å². The van der Waals surface area contributed by atoms with Crippen LogP contribution in [0.3, 0.4) is 0 Å². The Morgan fingerprint density at radius 1 is 1.40 bits per heavy atom. The van der Waals surface area contributed by atoms with Gasteiger partial charge in [-0.3, -0.25) is 10.1 Å². The topological polar surface area (TPSA) is 66.6 Å². The van der Waals surface area contributed by atoms with Crippen molar-refractivity contribution >= 4 is 27.3 Å². The second-order valence-electron chi connectivity index (χ2n) is 5.49. The van der Waals surface area contributed by atoms with Crippen molar-refractivity contribution in [3.05, 3.63) is 32.5 Å². The van der Waals surface area contributed by atoms with E-state index in [-0.39, 0.29) is 22.2 Å². The van der Waals surface area contributed by atoms with Crippen LogP contribution < -0.4 is 4.90 Å². The molecule has 2 fully saturated rings. The van der Waals surface area contributed by atoms with E-state index in [0.29, 0.717) is 24.7 Å². The minimum Gasteiger partial charge on any atom is -0.393 e. The zero-order chi connectivity index (χ0) is 14.4. The number of nitro groups is 1. The maximum Gasteiger partial charge on any atom is 0.295 e. The monoisotopic (exact) mass is 344 g/mol. The lowest BCUT2D eigenvalue weighted by atomic mass is 10.00. The van der Waals surface area contributed by atoms with Crippen LogP contribution in [0, 0.1) is 27.8 Å². The molecule has 1 heterocycles. The SMILES string of the molecule is O=[N+]([O-])c1cc(F)c(Br)cc1N1CC2CCC(O)C2C1. The number of fused-ring (bicyclic) bond motifs is 1. The maximum atomic E-state index is 13.5. The Balaban J connectivity index is 1.95. The summed E-state index contributed by atoms with van der Waals surface area (Å²) in [5.41, 5.74) is 0.199. The molecule has 20 heavy (non-hydrogen) atoms. The summed E-state index contributed by atoms with van der Waals surface area (Å²) in [5, 5.41) is 21.0. The maximum absolute atomic E-state index is 13.5. The Morgan fingerprint density at radius 2 is 2.15 bits per heavy atom. The summed E-state index contributed by atoms with van der Waals surface area (Å²) in [6.45, 7) is 1.27. The average molecular weight is 345 g/mol. The van der Waals surface area contributed by atoms with Crippen LogP contribution in [-0.4, -0.2) is 29.2 Å². The van der Waals surface area contributed by atoms with Crippen LogP contribution in [0.15, 0.2) is 16.6 Å². The number of aliphatic hydroxyl groups excluding tert-OH is 1. The first-order chi connectivity index (χ1) is 9.47. The predicted octanol–water partition coefficient (Wildman–Crippen LogP) is 2.70. The first-order valence-corrected chi connectivity index (χ1v) is 7.33. The van der Waals surface area contributed by atoms with E-state index in [0.717, 1.165) is 18.9 Å². The van der Waals surface area contributed by atoms with Crippen LogP contribution in [0.1, 0.15) is 12.8 Å². The number of hydrogen-bond donors (Lipinski definition) is 1. The largest absolute Gasteiger partial charge is 0.393 e. The first kappa shape index (κ1) is 13.8. The van der Waals surface area contributed by atoms with Gasteiger partial charge in [-0.1, -0.05) is 0 Å². The average Bonchev–Trinajstić information content (AvgIpc) is 2.95. The van der Waals surface area contributed by atoms with Crippen molar-refractivity contribution in [2.75, 3.05) is 18.0 Å². The molecule has 1 N–H and O–H groups in total. The summed E-state index contributed by atoms with van der Waals surface area (Å²) in [6, 6.07) is 2.41. The Labute approximate surface area is 123 Å². The van der Waals surface area contributed by atoms with Crippen molar-refractivity contribution in [3.63, 3.8) is 0 Å². The van der Waals surface area contributed by atoms with Gasteiger partial charge in [-0.05, 0) is 40.8 Å². The van der Waals surface area contributed by atoms with E-state index in [9.17, 15) is 19.6 Å². The van der Waals surface area contributed by atoms with Gasteiger partial charge in [0, 0.05) is 19.0 Å². The summed E-state index contributed by atoms with van der Waals surface area (Å²) >= 11 is 3.08. The molecule has 3 rings (SSSR count). The van der Waals surface area contributed by atoms with Gasteiger partial charge >= 0.3 is 0 Å². The lowest BCUT2D eigenvalue weighted by molar-refractivity contribution is -0.384. The molecule has 1 saturated heterocycles. The summed E-state index contributed by atoms with van der Waals surface area (Å²) in [4.78, 5) is 12.4. The highest BCUT2D eigenvalue weighted by atomic mass is 79.9. The number of hydrogen-bond acceptors (Lipinski definition) is 4. The van der Waals surface area contributed by atoms with Gasteiger partial charge in [-0.25, -0.2) is 4.39 Å². The first-order valence-electron chi connectivity index (χ1n) is 6.54. The molecule has 108 valence electrons. The molecule has 0 aromatic heterocycles. The summed E-state index contributed by atoms with van der Waals surface area (Å²) in [6.07, 6.45) is 1.42. The van der Waals surface area contributed by atoms with Crippen molar-refractivity contribution in [1.29, 1.82) is 0 Å². The minimum absolute atomic E-state index is 0.165. The third kappa shape index (κ3) is 2.18. The molecule has 3 atom stereocenters. The van der Waals surface area contributed by atoms with Gasteiger partial charge in [0.05, 0.1) is 21.6 Å². The summed E-state index contributed by atoms with van der Waals surface area (Å²) in [7, 11) is 0. The summed E-state index contributed by atoms with van der Waals surface area (Å²) < 4.78 is 13.7. The van der Waals surface area contributed by atoms with E-state index in [1.807, 2.05) is 4.90 Å². The number of anilines is 1. The standard InChI is InChI=1S/C13H14BrFN2O3/c14-9-3-11(12(17(19)20)4-10(9)15)16-5-7-1-2-13(18)8(7)6-16/h3-4,7-8,13,18H,1-2,5-6H2. The number of aliphatic hydroxyl groups is 1. The predicted molar refractivity (Wildman–Crippen MR) is 75.2 cm³/mol. The molecule has 2 aliphatic rings. The molecule has 0 bridgehead atoms. The van der Waals surface area contributed by atoms with E-state index in [1.54, 1.807) is 0 Å². The van der Waals surface area contributed by atoms with Gasteiger partial charge in [0.1, 0.15) is 11.5 Å². The van der Waals surface area contributed by atoms with Gasteiger partial charge in [-0.2, -0.15) is 0 Å². The number of nitrogens with zero attached hydrogens (tertiary/aromatic N) is 2. The van der Waals surface area contributed by atoms with Crippen LogP contribution in [0.25, 0.3) is 0 Å². The Kier molecular flexibility index (Phi) is 3.41. The second-order valence-corrected chi connectivity index (χ2v) is 6.34. The van der Waals surface area contributed by atoms with Gasteiger partial charge < -0.3 is 10.0 Å². The highest BCUT2D eigenvalue weighted by Crippen LogP contribution is 2.43. The van der Waals surface area contributed by atoms with E-state index >= 15 is 0 Å². The molecule has 7 heteroatoms. The molecule has 0 spiro atoms. The van der Waals surface area contributed by atoms with Crippen molar-refractivity contribution in [1.82, 2.24) is 0 Å². The molecule has 1 aliphatic carbocycles. The molecule has 0 radical (unpaired) electrons. The zero-order valence-corrected chi connectivity index (χ0v) is 12.2. The Bertz CT molecular complexity index is 569. The molecule has 1 aromatic carbocycles. The molecule has 3 unspecified atom stereocenters. The highest BCUT2D eigenvalue weighted by Gasteiger charge is 2.43. The van der Waals surface area contributed by atoms with E-state index in [1.165, 1.54) is 6.07 Å². The van der Waals surface area contributed by atoms with Gasteiger partial charge in [-0.15, -0.1) is 0 Å². The Hall–Kier alpha value is -1.21. The molecular formula is C13H14BrFN2O3. The van der Waals surface area contributed by atoms with Gasteiger partial charge in [0.15, 0.2) is 0 Å². The van der Waals surface area contributed by atoms with Crippen LogP contribution >= 0.6 is 15.9 Å². The van der Waals surface area contributed by atoms with Gasteiger partial charge in [0.25, 0.3) is 5.69 Å². The van der Waals surface area contributed by atoms with Crippen LogP contribution in [0.2, 0.25) is 0 Å². The van der Waals surface area contributed by atoms with E-state index < -0.39 is 10.7 Å².